The Balaban J connectivity index is 1.75. The summed E-state index contributed by atoms with van der Waals surface area (Å²) in [6, 6.07) is 12.1. The second kappa shape index (κ2) is 6.30. The standard InChI is InChI=1S/C16H17N3O/c1-2-4-14(5-3-1)6-7-15-8-9-17-16(18-15)19-10-12-20-13-11-19/h1-9H,10-13H2/b7-6+. The number of hydrogen-bond acceptors (Lipinski definition) is 4. The average Bonchev–Trinajstić information content (AvgIpc) is 2.55. The van der Waals surface area contributed by atoms with Gasteiger partial charge in [-0.3, -0.25) is 0 Å². The SMILES string of the molecule is C(=C\c1ccnc(N2CCOCC2)n1)/c1ccccc1. The van der Waals surface area contributed by atoms with Gasteiger partial charge in [0.05, 0.1) is 18.9 Å². The minimum absolute atomic E-state index is 0.743. The Labute approximate surface area is 118 Å². The van der Waals surface area contributed by atoms with Crippen molar-refractivity contribution < 1.29 is 4.74 Å². The molecular formula is C16H17N3O. The Kier molecular flexibility index (Phi) is 4.04. The molecule has 1 aromatic carbocycles. The van der Waals surface area contributed by atoms with E-state index in [4.69, 9.17) is 4.74 Å². The van der Waals surface area contributed by atoms with Gasteiger partial charge in [0, 0.05) is 19.3 Å². The van der Waals surface area contributed by atoms with E-state index in [-0.39, 0.29) is 0 Å². The van der Waals surface area contributed by atoms with Crippen molar-refractivity contribution >= 4 is 18.1 Å². The van der Waals surface area contributed by atoms with E-state index in [0.717, 1.165) is 37.9 Å². The summed E-state index contributed by atoms with van der Waals surface area (Å²) in [4.78, 5) is 11.1. The van der Waals surface area contributed by atoms with Crippen molar-refractivity contribution in [3.63, 3.8) is 0 Å². The summed E-state index contributed by atoms with van der Waals surface area (Å²) >= 11 is 0. The molecule has 1 aromatic heterocycles. The van der Waals surface area contributed by atoms with Crippen molar-refractivity contribution in [1.82, 2.24) is 9.97 Å². The Hall–Kier alpha value is -2.20. The number of benzene rings is 1. The fourth-order valence-electron chi connectivity index (χ4n) is 2.12. The molecule has 0 bridgehead atoms. The van der Waals surface area contributed by atoms with Crippen LogP contribution in [0.4, 0.5) is 5.95 Å². The lowest BCUT2D eigenvalue weighted by Crippen LogP contribution is -2.37. The van der Waals surface area contributed by atoms with Gasteiger partial charge in [0.2, 0.25) is 5.95 Å². The second-order valence-corrected chi connectivity index (χ2v) is 4.62. The van der Waals surface area contributed by atoms with Crippen LogP contribution < -0.4 is 4.90 Å². The molecule has 0 spiro atoms. The largest absolute Gasteiger partial charge is 0.378 e. The Bertz CT molecular complexity index is 577. The molecule has 102 valence electrons. The summed E-state index contributed by atoms with van der Waals surface area (Å²) in [6.45, 7) is 3.19. The second-order valence-electron chi connectivity index (χ2n) is 4.62. The number of aromatic nitrogens is 2. The fourth-order valence-corrected chi connectivity index (χ4v) is 2.12. The van der Waals surface area contributed by atoms with Gasteiger partial charge in [-0.25, -0.2) is 9.97 Å². The van der Waals surface area contributed by atoms with Gasteiger partial charge in [0.1, 0.15) is 0 Å². The van der Waals surface area contributed by atoms with Crippen molar-refractivity contribution in [2.24, 2.45) is 0 Å². The van der Waals surface area contributed by atoms with Crippen molar-refractivity contribution in [2.45, 2.75) is 0 Å². The van der Waals surface area contributed by atoms with E-state index in [1.807, 2.05) is 36.5 Å². The summed E-state index contributed by atoms with van der Waals surface area (Å²) < 4.78 is 5.35. The quantitative estimate of drug-likeness (QED) is 0.856. The van der Waals surface area contributed by atoms with Crippen LogP contribution in [0.25, 0.3) is 12.2 Å². The smallest absolute Gasteiger partial charge is 0.225 e. The van der Waals surface area contributed by atoms with Gasteiger partial charge in [-0.05, 0) is 17.7 Å². The maximum Gasteiger partial charge on any atom is 0.225 e. The van der Waals surface area contributed by atoms with Gasteiger partial charge >= 0.3 is 0 Å². The van der Waals surface area contributed by atoms with Crippen molar-refractivity contribution in [3.05, 3.63) is 53.9 Å². The van der Waals surface area contributed by atoms with Crippen molar-refractivity contribution in [2.75, 3.05) is 31.2 Å². The van der Waals surface area contributed by atoms with Crippen LogP contribution in [0.5, 0.6) is 0 Å². The molecule has 0 N–H and O–H groups in total. The van der Waals surface area contributed by atoms with E-state index in [0.29, 0.717) is 0 Å². The lowest BCUT2D eigenvalue weighted by Gasteiger charge is -2.26. The topological polar surface area (TPSA) is 38.2 Å². The zero-order valence-electron chi connectivity index (χ0n) is 11.3. The highest BCUT2D eigenvalue weighted by Gasteiger charge is 2.13. The minimum atomic E-state index is 0.743. The molecule has 0 amide bonds. The molecule has 2 heterocycles. The summed E-state index contributed by atoms with van der Waals surface area (Å²) in [7, 11) is 0. The average molecular weight is 267 g/mol. The molecule has 0 aliphatic carbocycles. The van der Waals surface area contributed by atoms with Gasteiger partial charge in [0.25, 0.3) is 0 Å². The van der Waals surface area contributed by atoms with Crippen LogP contribution in [0.15, 0.2) is 42.6 Å². The first-order chi connectivity index (χ1) is 9.92. The monoisotopic (exact) mass is 267 g/mol. The van der Waals surface area contributed by atoms with Crippen molar-refractivity contribution in [3.8, 4) is 0 Å². The maximum atomic E-state index is 5.35. The number of rotatable bonds is 3. The summed E-state index contributed by atoms with van der Waals surface area (Å²) in [5.41, 5.74) is 2.09. The molecule has 0 saturated carbocycles. The number of morpholine rings is 1. The first kappa shape index (κ1) is 12.8. The van der Waals surface area contributed by atoms with E-state index in [9.17, 15) is 0 Å². The highest BCUT2D eigenvalue weighted by atomic mass is 16.5. The third-order valence-corrected chi connectivity index (χ3v) is 3.20. The molecule has 1 aliphatic heterocycles. The van der Waals surface area contributed by atoms with Crippen LogP contribution in [-0.4, -0.2) is 36.3 Å². The molecule has 20 heavy (non-hydrogen) atoms. The van der Waals surface area contributed by atoms with Crippen LogP contribution >= 0.6 is 0 Å². The van der Waals surface area contributed by atoms with E-state index in [2.05, 4.69) is 33.1 Å². The summed E-state index contributed by atoms with van der Waals surface area (Å²) in [5.74, 6) is 0.781. The molecule has 4 heteroatoms. The number of hydrogen-bond donors (Lipinski definition) is 0. The van der Waals surface area contributed by atoms with Crippen LogP contribution in [-0.2, 0) is 4.74 Å². The van der Waals surface area contributed by atoms with Gasteiger partial charge in [0.15, 0.2) is 0 Å². The van der Waals surface area contributed by atoms with Crippen molar-refractivity contribution in [1.29, 1.82) is 0 Å². The van der Waals surface area contributed by atoms with Gasteiger partial charge in [-0.2, -0.15) is 0 Å². The molecule has 2 aromatic rings. The normalized spacial score (nSPS) is 15.7. The lowest BCUT2D eigenvalue weighted by molar-refractivity contribution is 0.122. The molecule has 0 atom stereocenters. The first-order valence-electron chi connectivity index (χ1n) is 6.81. The Morgan fingerprint density at radius 3 is 2.60 bits per heavy atom. The predicted molar refractivity (Wildman–Crippen MR) is 80.4 cm³/mol. The zero-order valence-corrected chi connectivity index (χ0v) is 11.3. The highest BCUT2D eigenvalue weighted by molar-refractivity contribution is 5.68. The molecule has 1 aliphatic rings. The maximum absolute atomic E-state index is 5.35. The highest BCUT2D eigenvalue weighted by Crippen LogP contribution is 2.12. The van der Waals surface area contributed by atoms with Gasteiger partial charge in [-0.15, -0.1) is 0 Å². The van der Waals surface area contributed by atoms with E-state index in [1.165, 1.54) is 5.56 Å². The Morgan fingerprint density at radius 2 is 1.80 bits per heavy atom. The number of ether oxygens (including phenoxy) is 1. The number of nitrogens with zero attached hydrogens (tertiary/aromatic N) is 3. The molecule has 4 nitrogen and oxygen atoms in total. The first-order valence-corrected chi connectivity index (χ1v) is 6.81. The number of anilines is 1. The van der Waals surface area contributed by atoms with Crippen LogP contribution in [0, 0.1) is 0 Å². The van der Waals surface area contributed by atoms with Gasteiger partial charge in [-0.1, -0.05) is 36.4 Å². The third-order valence-electron chi connectivity index (χ3n) is 3.20. The zero-order chi connectivity index (χ0) is 13.6. The third kappa shape index (κ3) is 3.22. The fraction of sp³-hybridized carbons (Fsp3) is 0.250. The predicted octanol–water partition coefficient (Wildman–Crippen LogP) is 2.48. The van der Waals surface area contributed by atoms with Crippen LogP contribution in [0.2, 0.25) is 0 Å². The molecule has 3 rings (SSSR count). The Morgan fingerprint density at radius 1 is 1.00 bits per heavy atom. The van der Waals surface area contributed by atoms with Gasteiger partial charge < -0.3 is 9.64 Å². The van der Waals surface area contributed by atoms with E-state index < -0.39 is 0 Å². The molecule has 0 radical (unpaired) electrons. The molecule has 1 saturated heterocycles. The molecule has 0 unspecified atom stereocenters. The van der Waals surface area contributed by atoms with Crippen LogP contribution in [0.3, 0.4) is 0 Å². The molecule has 1 fully saturated rings. The van der Waals surface area contributed by atoms with Crippen LogP contribution in [0.1, 0.15) is 11.3 Å². The van der Waals surface area contributed by atoms with E-state index >= 15 is 0 Å². The lowest BCUT2D eigenvalue weighted by atomic mass is 10.2. The summed E-state index contributed by atoms with van der Waals surface area (Å²) in [5, 5.41) is 0. The minimum Gasteiger partial charge on any atom is -0.378 e. The van der Waals surface area contributed by atoms with E-state index in [1.54, 1.807) is 0 Å². The summed E-state index contributed by atoms with van der Waals surface area (Å²) in [6.07, 6.45) is 5.88. The molecular weight excluding hydrogens is 250 g/mol.